The van der Waals surface area contributed by atoms with Gasteiger partial charge in [0.15, 0.2) is 11.5 Å². The van der Waals surface area contributed by atoms with E-state index in [2.05, 4.69) is 0 Å². The van der Waals surface area contributed by atoms with Gasteiger partial charge in [-0.05, 0) is 17.7 Å². The highest BCUT2D eigenvalue weighted by atomic mass is 16.7. The summed E-state index contributed by atoms with van der Waals surface area (Å²) in [6.45, 7) is 0.142. The number of aliphatic carboxylic acids is 1. The number of carboxylic acids is 1. The predicted octanol–water partition coefficient (Wildman–Crippen LogP) is 0.491. The highest BCUT2D eigenvalue weighted by Gasteiger charge is 2.40. The number of aliphatic hydroxyl groups is 2. The van der Waals surface area contributed by atoms with Crippen molar-refractivity contribution >= 4 is 5.97 Å². The van der Waals surface area contributed by atoms with E-state index in [1.54, 1.807) is 24.3 Å². The van der Waals surface area contributed by atoms with E-state index in [9.17, 15) is 20.1 Å². The minimum absolute atomic E-state index is 0.142. The molecule has 0 amide bonds. The highest BCUT2D eigenvalue weighted by Crippen LogP contribution is 2.39. The first kappa shape index (κ1) is 13.0. The Kier molecular flexibility index (Phi) is 3.11. The Morgan fingerprint density at radius 3 is 2.65 bits per heavy atom. The number of benzene rings is 1. The van der Waals surface area contributed by atoms with E-state index in [4.69, 9.17) is 9.47 Å². The van der Waals surface area contributed by atoms with Gasteiger partial charge in [-0.2, -0.15) is 0 Å². The third-order valence-corrected chi connectivity index (χ3v) is 3.69. The second-order valence-electron chi connectivity index (χ2n) is 4.87. The zero-order valence-corrected chi connectivity index (χ0v) is 10.5. The minimum atomic E-state index is -1.34. The average Bonchev–Trinajstić information content (AvgIpc) is 2.88. The van der Waals surface area contributed by atoms with Crippen LogP contribution in [0.5, 0.6) is 11.5 Å². The summed E-state index contributed by atoms with van der Waals surface area (Å²) >= 11 is 0. The van der Waals surface area contributed by atoms with Crippen LogP contribution >= 0.6 is 0 Å². The summed E-state index contributed by atoms with van der Waals surface area (Å²) in [6, 6.07) is 5.16. The first-order valence-electron chi connectivity index (χ1n) is 6.25. The molecule has 1 aliphatic carbocycles. The van der Waals surface area contributed by atoms with Crippen LogP contribution in [0.15, 0.2) is 30.4 Å². The summed E-state index contributed by atoms with van der Waals surface area (Å²) in [5.74, 6) is -1.61. The number of carbonyl (C=O) groups is 1. The number of fused-ring (bicyclic) bond motifs is 1. The van der Waals surface area contributed by atoms with Crippen molar-refractivity contribution in [3.05, 3.63) is 35.9 Å². The Hall–Kier alpha value is -2.05. The molecule has 1 aromatic carbocycles. The van der Waals surface area contributed by atoms with Crippen molar-refractivity contribution in [2.24, 2.45) is 5.92 Å². The standard InChI is InChI=1S/C14H14O6/c15-9-3-2-8(12(13(9)16)14(17)18)7-1-4-10-11(5-7)20-6-19-10/h1-5,8-9,12-13,15-16H,6H2,(H,17,18)/t8-,9-,12-,13-/m1/s1. The lowest BCUT2D eigenvalue weighted by Crippen LogP contribution is -2.42. The van der Waals surface area contributed by atoms with Crippen LogP contribution in [0, 0.1) is 5.92 Å². The number of hydrogen-bond acceptors (Lipinski definition) is 5. The Bertz CT molecular complexity index is 567. The molecule has 0 fully saturated rings. The SMILES string of the molecule is O=C(O)[C@H]1[C@H](O)[C@H](O)C=C[C@@H]1c1ccc2c(c1)OCO2. The molecule has 0 aromatic heterocycles. The Balaban J connectivity index is 1.99. The second kappa shape index (κ2) is 4.81. The van der Waals surface area contributed by atoms with Crippen molar-refractivity contribution in [2.75, 3.05) is 6.79 Å². The van der Waals surface area contributed by atoms with Crippen LogP contribution in [-0.2, 0) is 4.79 Å². The maximum atomic E-state index is 11.4. The van der Waals surface area contributed by atoms with Crippen LogP contribution in [0.3, 0.4) is 0 Å². The fraction of sp³-hybridized carbons (Fsp3) is 0.357. The molecule has 0 unspecified atom stereocenters. The zero-order chi connectivity index (χ0) is 14.3. The molecule has 4 atom stereocenters. The van der Waals surface area contributed by atoms with Gasteiger partial charge in [-0.25, -0.2) is 0 Å². The smallest absolute Gasteiger partial charge is 0.310 e. The predicted molar refractivity (Wildman–Crippen MR) is 67.6 cm³/mol. The third kappa shape index (κ3) is 2.03. The van der Waals surface area contributed by atoms with E-state index in [-0.39, 0.29) is 6.79 Å². The molecule has 6 nitrogen and oxygen atoms in total. The van der Waals surface area contributed by atoms with Crippen LogP contribution in [0.2, 0.25) is 0 Å². The number of rotatable bonds is 2. The van der Waals surface area contributed by atoms with Crippen LogP contribution in [0.25, 0.3) is 0 Å². The van der Waals surface area contributed by atoms with Crippen LogP contribution < -0.4 is 9.47 Å². The molecule has 1 aliphatic heterocycles. The van der Waals surface area contributed by atoms with Gasteiger partial charge in [0.25, 0.3) is 0 Å². The Labute approximate surface area is 114 Å². The van der Waals surface area contributed by atoms with Gasteiger partial charge in [0, 0.05) is 5.92 Å². The lowest BCUT2D eigenvalue weighted by Gasteiger charge is -2.32. The molecule has 3 rings (SSSR count). The zero-order valence-electron chi connectivity index (χ0n) is 10.5. The summed E-state index contributed by atoms with van der Waals surface area (Å²) in [6.07, 6.45) is 0.516. The number of ether oxygens (including phenoxy) is 2. The summed E-state index contributed by atoms with van der Waals surface area (Å²) in [4.78, 5) is 11.4. The number of carboxylic acid groups (broad SMARTS) is 1. The van der Waals surface area contributed by atoms with Crippen molar-refractivity contribution in [1.29, 1.82) is 0 Å². The Morgan fingerprint density at radius 2 is 1.90 bits per heavy atom. The van der Waals surface area contributed by atoms with Gasteiger partial charge in [-0.3, -0.25) is 4.79 Å². The molecule has 0 radical (unpaired) electrons. The molecule has 0 spiro atoms. The number of allylic oxidation sites excluding steroid dienone is 1. The van der Waals surface area contributed by atoms with Gasteiger partial charge in [-0.1, -0.05) is 18.2 Å². The summed E-state index contributed by atoms with van der Waals surface area (Å²) < 4.78 is 10.5. The van der Waals surface area contributed by atoms with E-state index in [1.807, 2.05) is 0 Å². The van der Waals surface area contributed by atoms with Crippen molar-refractivity contribution in [2.45, 2.75) is 18.1 Å². The summed E-state index contributed by atoms with van der Waals surface area (Å²) in [5.41, 5.74) is 0.698. The van der Waals surface area contributed by atoms with Crippen LogP contribution in [-0.4, -0.2) is 40.3 Å². The molecular formula is C14H14O6. The molecule has 3 N–H and O–H groups in total. The normalized spacial score (nSPS) is 31.3. The fourth-order valence-corrected chi connectivity index (χ4v) is 2.63. The van der Waals surface area contributed by atoms with Gasteiger partial charge in [0.1, 0.15) is 0 Å². The Morgan fingerprint density at radius 1 is 1.15 bits per heavy atom. The lowest BCUT2D eigenvalue weighted by atomic mass is 9.77. The fourth-order valence-electron chi connectivity index (χ4n) is 2.63. The molecule has 2 aliphatic rings. The first-order chi connectivity index (χ1) is 9.58. The van der Waals surface area contributed by atoms with E-state index < -0.39 is 30.0 Å². The van der Waals surface area contributed by atoms with E-state index >= 15 is 0 Å². The number of aliphatic hydroxyl groups excluding tert-OH is 2. The van der Waals surface area contributed by atoms with Crippen molar-refractivity contribution < 1.29 is 29.6 Å². The quantitative estimate of drug-likeness (QED) is 0.681. The molecule has 0 bridgehead atoms. The maximum absolute atomic E-state index is 11.4. The van der Waals surface area contributed by atoms with Gasteiger partial charge >= 0.3 is 5.97 Å². The second-order valence-corrected chi connectivity index (χ2v) is 4.87. The monoisotopic (exact) mass is 278 g/mol. The molecule has 1 heterocycles. The third-order valence-electron chi connectivity index (χ3n) is 3.69. The van der Waals surface area contributed by atoms with Gasteiger partial charge < -0.3 is 24.8 Å². The summed E-state index contributed by atoms with van der Waals surface area (Å²) in [7, 11) is 0. The van der Waals surface area contributed by atoms with Crippen molar-refractivity contribution in [1.82, 2.24) is 0 Å². The number of hydrogen-bond donors (Lipinski definition) is 3. The molecule has 0 saturated carbocycles. The average molecular weight is 278 g/mol. The largest absolute Gasteiger partial charge is 0.481 e. The van der Waals surface area contributed by atoms with Gasteiger partial charge in [-0.15, -0.1) is 0 Å². The molecule has 1 aromatic rings. The van der Waals surface area contributed by atoms with E-state index in [0.29, 0.717) is 17.1 Å². The molecule has 20 heavy (non-hydrogen) atoms. The lowest BCUT2D eigenvalue weighted by molar-refractivity contribution is -0.149. The van der Waals surface area contributed by atoms with E-state index in [1.165, 1.54) is 6.08 Å². The van der Waals surface area contributed by atoms with Crippen molar-refractivity contribution in [3.8, 4) is 11.5 Å². The summed E-state index contributed by atoms with van der Waals surface area (Å²) in [5, 5.41) is 28.8. The molecule has 6 heteroatoms. The van der Waals surface area contributed by atoms with Gasteiger partial charge in [0.05, 0.1) is 18.1 Å². The minimum Gasteiger partial charge on any atom is -0.481 e. The van der Waals surface area contributed by atoms with Crippen LogP contribution in [0.1, 0.15) is 11.5 Å². The molecule has 0 saturated heterocycles. The molecular weight excluding hydrogens is 264 g/mol. The van der Waals surface area contributed by atoms with Gasteiger partial charge in [0.2, 0.25) is 6.79 Å². The van der Waals surface area contributed by atoms with E-state index in [0.717, 1.165) is 0 Å². The molecule has 106 valence electrons. The maximum Gasteiger partial charge on any atom is 0.310 e. The van der Waals surface area contributed by atoms with Crippen LogP contribution in [0.4, 0.5) is 0 Å². The topological polar surface area (TPSA) is 96.2 Å². The first-order valence-corrected chi connectivity index (χ1v) is 6.25. The highest BCUT2D eigenvalue weighted by molar-refractivity contribution is 5.73. The van der Waals surface area contributed by atoms with Crippen molar-refractivity contribution in [3.63, 3.8) is 0 Å².